The molecule has 25 heavy (non-hydrogen) atoms. The lowest BCUT2D eigenvalue weighted by molar-refractivity contribution is 0.0644. The first-order valence-electron chi connectivity index (χ1n) is 9.40. The fourth-order valence-corrected chi connectivity index (χ4v) is 4.72. The van der Waals surface area contributed by atoms with Crippen molar-refractivity contribution in [2.75, 3.05) is 0 Å². The molecule has 0 unspecified atom stereocenters. The average molecular weight is 356 g/mol. The van der Waals surface area contributed by atoms with Gasteiger partial charge in [-0.2, -0.15) is 0 Å². The Morgan fingerprint density at radius 1 is 0.880 bits per heavy atom. The highest BCUT2D eigenvalue weighted by molar-refractivity contribution is 6.77. The SMILES string of the molecule is CC(C)N(C(=O)c1c([C@@H](C)[Si](C)(C)C)ccc2ccccc12)C(C)C. The van der Waals surface area contributed by atoms with Gasteiger partial charge in [-0.15, -0.1) is 0 Å². The van der Waals surface area contributed by atoms with E-state index in [2.05, 4.69) is 78.5 Å². The maximum Gasteiger partial charge on any atom is 0.255 e. The highest BCUT2D eigenvalue weighted by atomic mass is 28.3. The molecule has 0 saturated carbocycles. The van der Waals surface area contributed by atoms with E-state index in [1.165, 1.54) is 5.56 Å². The summed E-state index contributed by atoms with van der Waals surface area (Å²) in [6.45, 7) is 17.8. The van der Waals surface area contributed by atoms with Gasteiger partial charge in [-0.25, -0.2) is 0 Å². The second-order valence-corrected chi connectivity index (χ2v) is 14.3. The first-order valence-corrected chi connectivity index (χ1v) is 13.0. The minimum atomic E-state index is -1.43. The van der Waals surface area contributed by atoms with Crippen molar-refractivity contribution in [3.63, 3.8) is 0 Å². The number of hydrogen-bond donors (Lipinski definition) is 0. The summed E-state index contributed by atoms with van der Waals surface area (Å²) in [5.74, 6) is 0.168. The van der Waals surface area contributed by atoms with Gasteiger partial charge in [0.2, 0.25) is 0 Å². The van der Waals surface area contributed by atoms with Crippen LogP contribution in [0.5, 0.6) is 0 Å². The molecule has 3 heteroatoms. The third-order valence-electron chi connectivity index (χ3n) is 5.29. The van der Waals surface area contributed by atoms with E-state index >= 15 is 0 Å². The zero-order valence-corrected chi connectivity index (χ0v) is 18.1. The Kier molecular flexibility index (Phi) is 5.78. The minimum Gasteiger partial charge on any atom is -0.334 e. The first kappa shape index (κ1) is 19.7. The fourth-order valence-electron chi connectivity index (χ4n) is 3.55. The average Bonchev–Trinajstić information content (AvgIpc) is 2.51. The Morgan fingerprint density at radius 2 is 1.44 bits per heavy atom. The minimum absolute atomic E-state index is 0.168. The van der Waals surface area contributed by atoms with Gasteiger partial charge < -0.3 is 4.90 Å². The largest absolute Gasteiger partial charge is 0.334 e. The lowest BCUT2D eigenvalue weighted by Gasteiger charge is -2.34. The summed E-state index contributed by atoms with van der Waals surface area (Å²) >= 11 is 0. The zero-order valence-electron chi connectivity index (χ0n) is 17.1. The predicted octanol–water partition coefficient (Wildman–Crippen LogP) is 6.08. The van der Waals surface area contributed by atoms with E-state index in [0.717, 1.165) is 16.3 Å². The van der Waals surface area contributed by atoms with Crippen molar-refractivity contribution in [1.29, 1.82) is 0 Å². The number of amides is 1. The third-order valence-corrected chi connectivity index (χ3v) is 8.20. The number of hydrogen-bond acceptors (Lipinski definition) is 1. The van der Waals surface area contributed by atoms with E-state index < -0.39 is 8.07 Å². The summed E-state index contributed by atoms with van der Waals surface area (Å²) in [5, 5.41) is 2.23. The van der Waals surface area contributed by atoms with Crippen LogP contribution in [0.3, 0.4) is 0 Å². The smallest absolute Gasteiger partial charge is 0.255 e. The lowest BCUT2D eigenvalue weighted by Crippen LogP contribution is -2.43. The first-order chi connectivity index (χ1) is 11.6. The molecule has 0 aliphatic carbocycles. The Labute approximate surface area is 154 Å². The van der Waals surface area contributed by atoms with E-state index in [1.54, 1.807) is 0 Å². The normalized spacial score (nSPS) is 13.5. The van der Waals surface area contributed by atoms with Crippen LogP contribution in [0.2, 0.25) is 19.6 Å². The van der Waals surface area contributed by atoms with Gasteiger partial charge in [-0.05, 0) is 49.6 Å². The van der Waals surface area contributed by atoms with Crippen LogP contribution < -0.4 is 0 Å². The molecule has 0 heterocycles. The summed E-state index contributed by atoms with van der Waals surface area (Å²) < 4.78 is 0. The molecule has 0 radical (unpaired) electrons. The van der Waals surface area contributed by atoms with Crippen LogP contribution in [0.1, 0.15) is 56.1 Å². The van der Waals surface area contributed by atoms with Crippen LogP contribution in [0, 0.1) is 0 Å². The van der Waals surface area contributed by atoms with Gasteiger partial charge in [-0.1, -0.05) is 63.0 Å². The number of nitrogens with zero attached hydrogens (tertiary/aromatic N) is 1. The maximum atomic E-state index is 13.6. The molecule has 0 N–H and O–H groups in total. The number of carbonyl (C=O) groups excluding carboxylic acids is 1. The lowest BCUT2D eigenvalue weighted by atomic mass is 9.95. The molecule has 2 aromatic carbocycles. The van der Waals surface area contributed by atoms with E-state index in [-0.39, 0.29) is 18.0 Å². The van der Waals surface area contributed by atoms with Crippen molar-refractivity contribution >= 4 is 24.8 Å². The van der Waals surface area contributed by atoms with Gasteiger partial charge in [0, 0.05) is 12.1 Å². The van der Waals surface area contributed by atoms with Crippen LogP contribution in [-0.4, -0.2) is 31.0 Å². The van der Waals surface area contributed by atoms with Gasteiger partial charge in [0.05, 0.1) is 13.6 Å². The summed E-state index contributed by atoms with van der Waals surface area (Å²) in [4.78, 5) is 15.7. The van der Waals surface area contributed by atoms with Gasteiger partial charge in [0.15, 0.2) is 0 Å². The summed E-state index contributed by atoms with van der Waals surface area (Å²) in [5.41, 5.74) is 2.56. The molecule has 0 saturated heterocycles. The zero-order chi connectivity index (χ0) is 18.9. The quantitative estimate of drug-likeness (QED) is 0.595. The van der Waals surface area contributed by atoms with Crippen molar-refractivity contribution < 1.29 is 4.79 Å². The van der Waals surface area contributed by atoms with Crippen LogP contribution in [0.25, 0.3) is 10.8 Å². The second-order valence-electron chi connectivity index (χ2n) is 8.74. The van der Waals surface area contributed by atoms with Crippen molar-refractivity contribution in [3.05, 3.63) is 47.5 Å². The number of carbonyl (C=O) groups is 1. The standard InChI is InChI=1S/C22H33NOSi/c1-15(2)23(16(3)4)22(24)21-19(17(5)25(6,7)8)14-13-18-11-9-10-12-20(18)21/h9-17H,1-8H3/t17-/m1/s1. The second kappa shape index (κ2) is 7.33. The van der Waals surface area contributed by atoms with E-state index in [1.807, 2.05) is 17.0 Å². The molecule has 0 bridgehead atoms. The molecule has 0 aliphatic heterocycles. The molecule has 2 nitrogen and oxygen atoms in total. The van der Waals surface area contributed by atoms with Crippen LogP contribution >= 0.6 is 0 Å². The van der Waals surface area contributed by atoms with E-state index in [0.29, 0.717) is 5.54 Å². The Balaban J connectivity index is 2.76. The molecule has 0 aliphatic rings. The summed E-state index contributed by atoms with van der Waals surface area (Å²) in [6, 6.07) is 13.0. The monoisotopic (exact) mass is 355 g/mol. The molecular formula is C22H33NOSi. The molecular weight excluding hydrogens is 322 g/mol. The van der Waals surface area contributed by atoms with E-state index in [4.69, 9.17) is 0 Å². The van der Waals surface area contributed by atoms with Crippen molar-refractivity contribution in [1.82, 2.24) is 4.90 Å². The molecule has 0 spiro atoms. The highest BCUT2D eigenvalue weighted by Crippen LogP contribution is 2.34. The van der Waals surface area contributed by atoms with Crippen LogP contribution in [0.4, 0.5) is 0 Å². The number of fused-ring (bicyclic) bond motifs is 1. The molecule has 2 aromatic rings. The Bertz CT molecular complexity index is 750. The fraction of sp³-hybridized carbons (Fsp3) is 0.500. The van der Waals surface area contributed by atoms with Gasteiger partial charge in [0.25, 0.3) is 5.91 Å². The molecule has 0 fully saturated rings. The highest BCUT2D eigenvalue weighted by Gasteiger charge is 2.31. The molecule has 1 amide bonds. The summed E-state index contributed by atoms with van der Waals surface area (Å²) in [7, 11) is -1.43. The Hall–Kier alpha value is -1.61. The summed E-state index contributed by atoms with van der Waals surface area (Å²) in [6.07, 6.45) is 0. The van der Waals surface area contributed by atoms with Crippen LogP contribution in [-0.2, 0) is 0 Å². The van der Waals surface area contributed by atoms with Crippen LogP contribution in [0.15, 0.2) is 36.4 Å². The molecule has 0 aromatic heterocycles. The third kappa shape index (κ3) is 3.97. The van der Waals surface area contributed by atoms with Gasteiger partial charge >= 0.3 is 0 Å². The number of benzene rings is 2. The number of rotatable bonds is 5. The molecule has 136 valence electrons. The van der Waals surface area contributed by atoms with Gasteiger partial charge in [-0.3, -0.25) is 4.79 Å². The van der Waals surface area contributed by atoms with Crippen molar-refractivity contribution in [3.8, 4) is 0 Å². The molecule has 1 atom stereocenters. The Morgan fingerprint density at radius 3 is 1.96 bits per heavy atom. The maximum absolute atomic E-state index is 13.6. The van der Waals surface area contributed by atoms with Crippen molar-refractivity contribution in [2.45, 2.75) is 71.9 Å². The van der Waals surface area contributed by atoms with E-state index in [9.17, 15) is 4.79 Å². The van der Waals surface area contributed by atoms with Gasteiger partial charge in [0.1, 0.15) is 0 Å². The molecule has 2 rings (SSSR count). The topological polar surface area (TPSA) is 20.3 Å². The predicted molar refractivity (Wildman–Crippen MR) is 112 cm³/mol. The van der Waals surface area contributed by atoms with Crippen molar-refractivity contribution in [2.24, 2.45) is 0 Å².